The molecule has 1 aliphatic heterocycles. The first kappa shape index (κ1) is 13.6. The number of benzene rings is 1. The molecule has 1 heterocycles. The molecule has 0 saturated heterocycles. The van der Waals surface area contributed by atoms with Crippen LogP contribution in [-0.4, -0.2) is 19.0 Å². The van der Waals surface area contributed by atoms with Crippen LogP contribution >= 0.6 is 0 Å². The molecule has 0 unspecified atom stereocenters. The van der Waals surface area contributed by atoms with Crippen molar-refractivity contribution in [1.82, 2.24) is 10.6 Å². The van der Waals surface area contributed by atoms with Crippen molar-refractivity contribution in [2.24, 2.45) is 0 Å². The van der Waals surface area contributed by atoms with Gasteiger partial charge in [0.05, 0.1) is 6.07 Å². The number of fused-ring (bicyclic) bond motifs is 1. The van der Waals surface area contributed by atoms with Gasteiger partial charge in [-0.15, -0.1) is 0 Å². The highest BCUT2D eigenvalue weighted by atomic mass is 16.1. The van der Waals surface area contributed by atoms with Gasteiger partial charge in [0.2, 0.25) is 0 Å². The smallest absolute Gasteiger partial charge is 0.251 e. The summed E-state index contributed by atoms with van der Waals surface area (Å²) in [7, 11) is 0. The Balaban J connectivity index is 1.94. The van der Waals surface area contributed by atoms with Gasteiger partial charge in [-0.1, -0.05) is 12.1 Å². The Hall–Kier alpha value is -1.86. The largest absolute Gasteiger partial charge is 0.352 e. The quantitative estimate of drug-likeness (QED) is 0.790. The van der Waals surface area contributed by atoms with E-state index in [9.17, 15) is 4.79 Å². The number of carbonyl (C=O) groups is 1. The van der Waals surface area contributed by atoms with Crippen molar-refractivity contribution in [2.75, 3.05) is 13.1 Å². The van der Waals surface area contributed by atoms with E-state index in [2.05, 4.69) is 22.8 Å². The molecule has 0 fully saturated rings. The highest BCUT2D eigenvalue weighted by Gasteiger charge is 2.16. The van der Waals surface area contributed by atoms with Crippen LogP contribution in [0.4, 0.5) is 0 Å². The van der Waals surface area contributed by atoms with Crippen LogP contribution in [0.15, 0.2) is 18.2 Å². The van der Waals surface area contributed by atoms with E-state index in [0.717, 1.165) is 37.9 Å². The molecule has 0 aromatic heterocycles. The molecule has 0 atom stereocenters. The molecule has 1 aliphatic rings. The summed E-state index contributed by atoms with van der Waals surface area (Å²) in [5, 5.41) is 14.7. The average Bonchev–Trinajstić information content (AvgIpc) is 2.46. The molecule has 0 radical (unpaired) electrons. The summed E-state index contributed by atoms with van der Waals surface area (Å²) in [6.45, 7) is 2.42. The Morgan fingerprint density at radius 1 is 1.42 bits per heavy atom. The van der Waals surface area contributed by atoms with E-state index in [0.29, 0.717) is 13.0 Å². The monoisotopic (exact) mass is 257 g/mol. The molecule has 0 spiro atoms. The van der Waals surface area contributed by atoms with Gasteiger partial charge in [0, 0.05) is 25.1 Å². The van der Waals surface area contributed by atoms with Crippen LogP contribution in [0.1, 0.15) is 40.7 Å². The zero-order valence-corrected chi connectivity index (χ0v) is 11.0. The van der Waals surface area contributed by atoms with Crippen LogP contribution in [0, 0.1) is 11.3 Å². The lowest BCUT2D eigenvalue weighted by molar-refractivity contribution is 0.0952. The van der Waals surface area contributed by atoms with Crippen molar-refractivity contribution in [3.8, 4) is 6.07 Å². The van der Waals surface area contributed by atoms with Crippen LogP contribution in [0.3, 0.4) is 0 Å². The number of hydrogen-bond donors (Lipinski definition) is 2. The van der Waals surface area contributed by atoms with E-state index in [4.69, 9.17) is 5.26 Å². The van der Waals surface area contributed by atoms with E-state index in [-0.39, 0.29) is 5.91 Å². The van der Waals surface area contributed by atoms with E-state index < -0.39 is 0 Å². The summed E-state index contributed by atoms with van der Waals surface area (Å²) in [5.74, 6) is 0.00991. The van der Waals surface area contributed by atoms with Crippen LogP contribution in [0.2, 0.25) is 0 Å². The topological polar surface area (TPSA) is 64.9 Å². The molecule has 4 heteroatoms. The fraction of sp³-hybridized carbons (Fsp3) is 0.467. The first-order chi connectivity index (χ1) is 9.33. The third-order valence-electron chi connectivity index (χ3n) is 3.39. The maximum Gasteiger partial charge on any atom is 0.251 e. The second kappa shape index (κ2) is 6.91. The molecule has 2 rings (SSSR count). The van der Waals surface area contributed by atoms with E-state index >= 15 is 0 Å². The van der Waals surface area contributed by atoms with Crippen LogP contribution in [-0.2, 0) is 13.0 Å². The minimum absolute atomic E-state index is 0.00991. The summed E-state index contributed by atoms with van der Waals surface area (Å²) >= 11 is 0. The Kier molecular flexibility index (Phi) is 4.93. The molecule has 0 aliphatic carbocycles. The van der Waals surface area contributed by atoms with Crippen molar-refractivity contribution in [3.05, 3.63) is 34.9 Å². The number of amides is 1. The summed E-state index contributed by atoms with van der Waals surface area (Å²) < 4.78 is 0. The number of hydrogen-bond acceptors (Lipinski definition) is 3. The van der Waals surface area contributed by atoms with Gasteiger partial charge in [-0.25, -0.2) is 0 Å². The molecular weight excluding hydrogens is 238 g/mol. The normalized spacial score (nSPS) is 13.4. The molecule has 4 nitrogen and oxygen atoms in total. The number of nitrogens with one attached hydrogen (secondary N) is 2. The van der Waals surface area contributed by atoms with Gasteiger partial charge in [-0.05, 0) is 43.0 Å². The Morgan fingerprint density at radius 3 is 3.16 bits per heavy atom. The maximum atomic E-state index is 12.2. The number of unbranched alkanes of at least 4 members (excludes halogenated alkanes) is 2. The van der Waals surface area contributed by atoms with Crippen molar-refractivity contribution in [3.63, 3.8) is 0 Å². The fourth-order valence-corrected chi connectivity index (χ4v) is 2.37. The number of nitriles is 1. The molecule has 1 aromatic carbocycles. The van der Waals surface area contributed by atoms with Gasteiger partial charge in [0.1, 0.15) is 0 Å². The maximum absolute atomic E-state index is 12.2. The predicted octanol–water partition coefficient (Wildman–Crippen LogP) is 1.76. The molecule has 0 bridgehead atoms. The van der Waals surface area contributed by atoms with E-state index in [1.165, 1.54) is 11.1 Å². The minimum atomic E-state index is 0.00991. The lowest BCUT2D eigenvalue weighted by Gasteiger charge is -2.19. The van der Waals surface area contributed by atoms with Crippen molar-refractivity contribution in [1.29, 1.82) is 5.26 Å². The lowest BCUT2D eigenvalue weighted by atomic mass is 9.95. The second-order valence-corrected chi connectivity index (χ2v) is 4.74. The molecule has 19 heavy (non-hydrogen) atoms. The standard InChI is InChI=1S/C15H19N3O/c16-8-2-1-3-9-18-15(19)14-6-4-5-12-11-17-10-7-13(12)14/h4-6,17H,1-3,7,9-11H2,(H,18,19). The van der Waals surface area contributed by atoms with Gasteiger partial charge >= 0.3 is 0 Å². The second-order valence-electron chi connectivity index (χ2n) is 4.74. The third-order valence-corrected chi connectivity index (χ3v) is 3.39. The van der Waals surface area contributed by atoms with Crippen molar-refractivity contribution < 1.29 is 4.79 Å². The molecular formula is C15H19N3O. The Morgan fingerprint density at radius 2 is 2.32 bits per heavy atom. The SMILES string of the molecule is N#CCCCCNC(=O)c1cccc2c1CCNC2. The first-order valence-electron chi connectivity index (χ1n) is 6.79. The van der Waals surface area contributed by atoms with E-state index in [1.54, 1.807) is 0 Å². The first-order valence-corrected chi connectivity index (χ1v) is 6.79. The van der Waals surface area contributed by atoms with Gasteiger partial charge in [0.25, 0.3) is 5.91 Å². The van der Waals surface area contributed by atoms with Gasteiger partial charge in [-0.2, -0.15) is 5.26 Å². The van der Waals surface area contributed by atoms with Gasteiger partial charge < -0.3 is 10.6 Å². The van der Waals surface area contributed by atoms with Crippen molar-refractivity contribution in [2.45, 2.75) is 32.2 Å². The van der Waals surface area contributed by atoms with Crippen LogP contribution in [0.25, 0.3) is 0 Å². The average molecular weight is 257 g/mol. The van der Waals surface area contributed by atoms with E-state index in [1.807, 2.05) is 12.1 Å². The third kappa shape index (κ3) is 3.55. The zero-order valence-electron chi connectivity index (χ0n) is 11.0. The fourth-order valence-electron chi connectivity index (χ4n) is 2.37. The molecule has 2 N–H and O–H groups in total. The summed E-state index contributed by atoms with van der Waals surface area (Å²) in [6.07, 6.45) is 3.17. The highest BCUT2D eigenvalue weighted by molar-refractivity contribution is 5.96. The summed E-state index contributed by atoms with van der Waals surface area (Å²) in [4.78, 5) is 12.2. The zero-order chi connectivity index (χ0) is 13.5. The summed E-state index contributed by atoms with van der Waals surface area (Å²) in [6, 6.07) is 8.02. The molecule has 1 amide bonds. The lowest BCUT2D eigenvalue weighted by Crippen LogP contribution is -2.29. The highest BCUT2D eigenvalue weighted by Crippen LogP contribution is 2.18. The molecule has 0 saturated carbocycles. The van der Waals surface area contributed by atoms with Crippen LogP contribution < -0.4 is 10.6 Å². The summed E-state index contributed by atoms with van der Waals surface area (Å²) in [5.41, 5.74) is 3.21. The Labute approximate surface area is 113 Å². The Bertz CT molecular complexity index is 491. The van der Waals surface area contributed by atoms with Crippen molar-refractivity contribution >= 4 is 5.91 Å². The number of carbonyl (C=O) groups excluding carboxylic acids is 1. The molecule has 100 valence electrons. The van der Waals surface area contributed by atoms with Crippen LogP contribution in [0.5, 0.6) is 0 Å². The van der Waals surface area contributed by atoms with Gasteiger partial charge in [-0.3, -0.25) is 4.79 Å². The van der Waals surface area contributed by atoms with Gasteiger partial charge in [0.15, 0.2) is 0 Å². The predicted molar refractivity (Wildman–Crippen MR) is 73.6 cm³/mol. The molecule has 1 aromatic rings. The number of rotatable bonds is 5. The minimum Gasteiger partial charge on any atom is -0.352 e. The number of nitrogens with zero attached hydrogens (tertiary/aromatic N) is 1.